The third kappa shape index (κ3) is 4.52. The molecule has 2 rings (SSSR count). The lowest BCUT2D eigenvalue weighted by atomic mass is 9.95. The standard InChI is InChI=1S/C16H21FN2O2.ClH/c1-11(16(21)13-4-3-5-14(17)9-13)8-15(20)19-7-6-18-10-12(19)2;/h3-5,9,11-12,18H,6-8,10H2,1-2H3;1H. The van der Waals surface area contributed by atoms with Crippen LogP contribution in [0.4, 0.5) is 4.39 Å². The average Bonchev–Trinajstić information content (AvgIpc) is 2.46. The SMILES string of the molecule is CC(CC(=O)N1CCNCC1C)C(=O)c1cccc(F)c1.Cl. The van der Waals surface area contributed by atoms with Gasteiger partial charge >= 0.3 is 0 Å². The number of rotatable bonds is 4. The van der Waals surface area contributed by atoms with Crippen molar-refractivity contribution in [1.29, 1.82) is 0 Å². The summed E-state index contributed by atoms with van der Waals surface area (Å²) in [6.45, 7) is 5.93. The summed E-state index contributed by atoms with van der Waals surface area (Å²) in [5.41, 5.74) is 0.323. The third-order valence-electron chi connectivity index (χ3n) is 3.86. The lowest BCUT2D eigenvalue weighted by molar-refractivity contribution is -0.134. The highest BCUT2D eigenvalue weighted by Crippen LogP contribution is 2.16. The summed E-state index contributed by atoms with van der Waals surface area (Å²) in [6.07, 6.45) is 0.166. The van der Waals surface area contributed by atoms with Gasteiger partial charge < -0.3 is 10.2 Å². The quantitative estimate of drug-likeness (QED) is 0.863. The molecular weight excluding hydrogens is 307 g/mol. The fraction of sp³-hybridized carbons (Fsp3) is 0.500. The summed E-state index contributed by atoms with van der Waals surface area (Å²) in [4.78, 5) is 26.4. The molecule has 122 valence electrons. The Kier molecular flexibility index (Phi) is 6.97. The Bertz CT molecular complexity index is 539. The maximum Gasteiger partial charge on any atom is 0.223 e. The minimum absolute atomic E-state index is 0. The second-order valence-corrected chi connectivity index (χ2v) is 5.62. The molecule has 1 amide bonds. The first kappa shape index (κ1) is 18.6. The predicted octanol–water partition coefficient (Wildman–Crippen LogP) is 2.28. The molecule has 1 aromatic carbocycles. The topological polar surface area (TPSA) is 49.4 Å². The fourth-order valence-electron chi connectivity index (χ4n) is 2.61. The van der Waals surface area contributed by atoms with E-state index >= 15 is 0 Å². The molecule has 1 saturated heterocycles. The molecule has 2 atom stereocenters. The molecule has 1 fully saturated rings. The van der Waals surface area contributed by atoms with Gasteiger partial charge in [-0.05, 0) is 19.1 Å². The van der Waals surface area contributed by atoms with Crippen molar-refractivity contribution in [2.24, 2.45) is 5.92 Å². The van der Waals surface area contributed by atoms with Crippen LogP contribution in [0.25, 0.3) is 0 Å². The number of hydrogen-bond donors (Lipinski definition) is 1. The van der Waals surface area contributed by atoms with E-state index in [2.05, 4.69) is 5.32 Å². The van der Waals surface area contributed by atoms with Gasteiger partial charge in [0.15, 0.2) is 5.78 Å². The highest BCUT2D eigenvalue weighted by atomic mass is 35.5. The van der Waals surface area contributed by atoms with Crippen LogP contribution in [-0.4, -0.2) is 42.3 Å². The third-order valence-corrected chi connectivity index (χ3v) is 3.86. The van der Waals surface area contributed by atoms with Crippen LogP contribution in [0.3, 0.4) is 0 Å². The Morgan fingerprint density at radius 2 is 2.18 bits per heavy atom. The molecule has 1 aliphatic heterocycles. The summed E-state index contributed by atoms with van der Waals surface area (Å²) in [7, 11) is 0. The van der Waals surface area contributed by atoms with Gasteiger partial charge in [-0.25, -0.2) is 4.39 Å². The second kappa shape index (κ2) is 8.25. The second-order valence-electron chi connectivity index (χ2n) is 5.62. The minimum Gasteiger partial charge on any atom is -0.337 e. The molecule has 1 N–H and O–H groups in total. The van der Waals surface area contributed by atoms with E-state index in [1.54, 1.807) is 13.0 Å². The number of ketones is 1. The van der Waals surface area contributed by atoms with Crippen molar-refractivity contribution in [3.8, 4) is 0 Å². The van der Waals surface area contributed by atoms with Crippen LogP contribution in [-0.2, 0) is 4.79 Å². The van der Waals surface area contributed by atoms with Gasteiger partial charge in [-0.15, -0.1) is 12.4 Å². The van der Waals surface area contributed by atoms with Crippen LogP contribution < -0.4 is 5.32 Å². The molecule has 6 heteroatoms. The van der Waals surface area contributed by atoms with Crippen molar-refractivity contribution in [2.75, 3.05) is 19.6 Å². The van der Waals surface area contributed by atoms with E-state index in [1.165, 1.54) is 18.2 Å². The van der Waals surface area contributed by atoms with Gasteiger partial charge in [0.1, 0.15) is 5.82 Å². The lowest BCUT2D eigenvalue weighted by Gasteiger charge is -2.34. The molecular formula is C16H22ClFN2O2. The molecule has 0 aromatic heterocycles. The van der Waals surface area contributed by atoms with E-state index in [0.717, 1.165) is 13.1 Å². The van der Waals surface area contributed by atoms with E-state index in [-0.39, 0.29) is 36.6 Å². The minimum atomic E-state index is -0.443. The number of carbonyl (C=O) groups excluding carboxylic acids is 2. The van der Waals surface area contributed by atoms with E-state index in [4.69, 9.17) is 0 Å². The van der Waals surface area contributed by atoms with Crippen LogP contribution >= 0.6 is 12.4 Å². The number of amides is 1. The first-order valence-corrected chi connectivity index (χ1v) is 7.29. The molecule has 0 bridgehead atoms. The Morgan fingerprint density at radius 1 is 1.45 bits per heavy atom. The normalized spacial score (nSPS) is 19.2. The van der Waals surface area contributed by atoms with Gasteiger partial charge in [-0.1, -0.05) is 19.1 Å². The van der Waals surface area contributed by atoms with Gasteiger partial charge in [-0.3, -0.25) is 9.59 Å². The van der Waals surface area contributed by atoms with Crippen molar-refractivity contribution in [3.05, 3.63) is 35.6 Å². The Balaban J connectivity index is 0.00000242. The molecule has 22 heavy (non-hydrogen) atoms. The first-order valence-electron chi connectivity index (χ1n) is 7.29. The number of hydrogen-bond acceptors (Lipinski definition) is 3. The number of carbonyl (C=O) groups is 2. The highest BCUT2D eigenvalue weighted by molar-refractivity contribution is 5.99. The fourth-order valence-corrected chi connectivity index (χ4v) is 2.61. The largest absolute Gasteiger partial charge is 0.337 e. The van der Waals surface area contributed by atoms with E-state index in [9.17, 15) is 14.0 Å². The van der Waals surface area contributed by atoms with Gasteiger partial charge in [0.25, 0.3) is 0 Å². The lowest BCUT2D eigenvalue weighted by Crippen LogP contribution is -2.52. The van der Waals surface area contributed by atoms with Crippen molar-refractivity contribution >= 4 is 24.1 Å². The molecule has 1 aliphatic rings. The van der Waals surface area contributed by atoms with Crippen LogP contribution in [0.15, 0.2) is 24.3 Å². The smallest absolute Gasteiger partial charge is 0.223 e. The van der Waals surface area contributed by atoms with Gasteiger partial charge in [0.2, 0.25) is 5.91 Å². The number of nitrogens with one attached hydrogen (secondary N) is 1. The monoisotopic (exact) mass is 328 g/mol. The van der Waals surface area contributed by atoms with Crippen molar-refractivity contribution in [3.63, 3.8) is 0 Å². The van der Waals surface area contributed by atoms with E-state index in [0.29, 0.717) is 12.1 Å². The Morgan fingerprint density at radius 3 is 2.82 bits per heavy atom. The summed E-state index contributed by atoms with van der Waals surface area (Å²) < 4.78 is 13.2. The van der Waals surface area contributed by atoms with Crippen LogP contribution in [0.1, 0.15) is 30.6 Å². The first-order chi connectivity index (χ1) is 9.99. The summed E-state index contributed by atoms with van der Waals surface area (Å²) in [5, 5.41) is 3.23. The Hall–Kier alpha value is -1.46. The molecule has 1 aromatic rings. The molecule has 0 spiro atoms. The van der Waals surface area contributed by atoms with Gasteiger partial charge in [0, 0.05) is 43.6 Å². The van der Waals surface area contributed by atoms with E-state index in [1.807, 2.05) is 11.8 Å². The van der Waals surface area contributed by atoms with Crippen LogP contribution in [0, 0.1) is 11.7 Å². The summed E-state index contributed by atoms with van der Waals surface area (Å²) in [5.74, 6) is -1.08. The number of nitrogens with zero attached hydrogens (tertiary/aromatic N) is 1. The number of benzene rings is 1. The number of halogens is 2. The molecule has 0 radical (unpaired) electrons. The maximum absolute atomic E-state index is 13.2. The van der Waals surface area contributed by atoms with Crippen LogP contribution in [0.5, 0.6) is 0 Å². The van der Waals surface area contributed by atoms with Crippen molar-refractivity contribution < 1.29 is 14.0 Å². The van der Waals surface area contributed by atoms with E-state index < -0.39 is 11.7 Å². The van der Waals surface area contributed by atoms with Gasteiger partial charge in [-0.2, -0.15) is 0 Å². The zero-order valence-corrected chi connectivity index (χ0v) is 13.7. The molecule has 2 unspecified atom stereocenters. The van der Waals surface area contributed by atoms with Gasteiger partial charge in [0.05, 0.1) is 0 Å². The van der Waals surface area contributed by atoms with Crippen LogP contribution in [0.2, 0.25) is 0 Å². The number of Topliss-reactive ketones (excluding diaryl/α,β-unsaturated/α-hetero) is 1. The van der Waals surface area contributed by atoms with Crippen molar-refractivity contribution in [2.45, 2.75) is 26.3 Å². The average molecular weight is 329 g/mol. The predicted molar refractivity (Wildman–Crippen MR) is 85.8 cm³/mol. The summed E-state index contributed by atoms with van der Waals surface area (Å²) >= 11 is 0. The molecule has 0 saturated carbocycles. The molecule has 0 aliphatic carbocycles. The highest BCUT2D eigenvalue weighted by Gasteiger charge is 2.26. The number of piperazine rings is 1. The Labute approximate surface area is 136 Å². The summed E-state index contributed by atoms with van der Waals surface area (Å²) in [6, 6.07) is 5.75. The zero-order chi connectivity index (χ0) is 15.4. The maximum atomic E-state index is 13.2. The van der Waals surface area contributed by atoms with Crippen molar-refractivity contribution in [1.82, 2.24) is 10.2 Å². The zero-order valence-electron chi connectivity index (χ0n) is 12.8. The molecule has 1 heterocycles. The molecule has 4 nitrogen and oxygen atoms in total.